The predicted octanol–water partition coefficient (Wildman–Crippen LogP) is 3.17. The summed E-state index contributed by atoms with van der Waals surface area (Å²) >= 11 is 1.58. The molecule has 0 spiro atoms. The molecule has 1 aromatic heterocycles. The molecule has 6 heteroatoms. The Labute approximate surface area is 147 Å². The molecule has 1 unspecified atom stereocenters. The molecule has 1 N–H and O–H groups in total. The maximum atomic E-state index is 12.6. The summed E-state index contributed by atoms with van der Waals surface area (Å²) in [5.41, 5.74) is 1.98. The average molecular weight is 347 g/mol. The summed E-state index contributed by atoms with van der Waals surface area (Å²) in [6.07, 6.45) is 3.24. The fourth-order valence-electron chi connectivity index (χ4n) is 2.38. The lowest BCUT2D eigenvalue weighted by molar-refractivity contribution is -0.130. The summed E-state index contributed by atoms with van der Waals surface area (Å²) in [6.45, 7) is 6.38. The van der Waals surface area contributed by atoms with Gasteiger partial charge in [0.1, 0.15) is 5.75 Å². The number of aryl methyl sites for hydroxylation is 1. The van der Waals surface area contributed by atoms with Crippen molar-refractivity contribution in [1.82, 2.24) is 14.9 Å². The molecule has 0 aliphatic carbocycles. The van der Waals surface area contributed by atoms with E-state index < -0.39 is 6.10 Å². The van der Waals surface area contributed by atoms with Crippen LogP contribution >= 0.6 is 11.8 Å². The van der Waals surface area contributed by atoms with E-state index in [1.54, 1.807) is 18.0 Å². The third-order valence-electron chi connectivity index (χ3n) is 3.88. The third kappa shape index (κ3) is 4.32. The van der Waals surface area contributed by atoms with Crippen LogP contribution in [0.25, 0.3) is 0 Å². The molecule has 0 aliphatic rings. The number of carbonyl (C=O) groups is 1. The Hall–Kier alpha value is -1.95. The van der Waals surface area contributed by atoms with E-state index >= 15 is 0 Å². The van der Waals surface area contributed by atoms with E-state index in [4.69, 9.17) is 4.74 Å². The van der Waals surface area contributed by atoms with Gasteiger partial charge in [-0.15, -0.1) is 0 Å². The molecular formula is C18H25N3O2S. The zero-order valence-electron chi connectivity index (χ0n) is 14.9. The van der Waals surface area contributed by atoms with Gasteiger partial charge in [-0.3, -0.25) is 4.79 Å². The minimum Gasteiger partial charge on any atom is -0.480 e. The number of carbonyl (C=O) groups excluding carboxylic acids is 1. The number of rotatable bonds is 7. The van der Waals surface area contributed by atoms with Crippen molar-refractivity contribution < 1.29 is 9.53 Å². The lowest BCUT2D eigenvalue weighted by atomic mass is 10.1. The Balaban J connectivity index is 2.04. The zero-order valence-corrected chi connectivity index (χ0v) is 15.7. The number of benzene rings is 1. The van der Waals surface area contributed by atoms with E-state index in [2.05, 4.69) is 10.3 Å². The van der Waals surface area contributed by atoms with Gasteiger partial charge in [0, 0.05) is 7.05 Å². The Morgan fingerprint density at radius 1 is 1.38 bits per heavy atom. The molecule has 0 radical (unpaired) electrons. The van der Waals surface area contributed by atoms with Gasteiger partial charge in [-0.25, -0.2) is 4.98 Å². The predicted molar refractivity (Wildman–Crippen MR) is 97.3 cm³/mol. The number of thioether (sulfide) groups is 1. The first-order valence-electron chi connectivity index (χ1n) is 7.98. The topological polar surface area (TPSA) is 56.1 Å². The van der Waals surface area contributed by atoms with E-state index in [1.165, 1.54) is 0 Å². The first-order valence-corrected chi connectivity index (χ1v) is 9.21. The van der Waals surface area contributed by atoms with Gasteiger partial charge < -0.3 is 14.6 Å². The number of amides is 1. The van der Waals surface area contributed by atoms with Crippen molar-refractivity contribution in [3.05, 3.63) is 41.7 Å². The number of hydrogen-bond acceptors (Lipinski definition) is 4. The fraction of sp³-hybridized carbons (Fsp3) is 0.444. The largest absolute Gasteiger partial charge is 0.480 e. The average Bonchev–Trinajstić information content (AvgIpc) is 2.91. The maximum absolute atomic E-state index is 12.6. The molecule has 1 amide bonds. The SMILES string of the molecule is CSc1ncc(CNC(=O)C(Oc2ccccc2C)C(C)C)n1C. The maximum Gasteiger partial charge on any atom is 0.261 e. The van der Waals surface area contributed by atoms with Gasteiger partial charge in [0.05, 0.1) is 18.4 Å². The van der Waals surface area contributed by atoms with Crippen LogP contribution in [0.4, 0.5) is 0 Å². The summed E-state index contributed by atoms with van der Waals surface area (Å²) in [5.74, 6) is 0.703. The lowest BCUT2D eigenvalue weighted by Crippen LogP contribution is -2.41. The van der Waals surface area contributed by atoms with Crippen molar-refractivity contribution in [2.45, 2.75) is 38.6 Å². The molecule has 0 saturated heterocycles. The van der Waals surface area contributed by atoms with E-state index in [0.717, 1.165) is 22.2 Å². The Bertz CT molecular complexity index is 697. The molecule has 2 rings (SSSR count). The second-order valence-electron chi connectivity index (χ2n) is 6.06. The van der Waals surface area contributed by atoms with Gasteiger partial charge in [-0.2, -0.15) is 0 Å². The summed E-state index contributed by atoms with van der Waals surface area (Å²) < 4.78 is 7.96. The molecule has 130 valence electrons. The van der Waals surface area contributed by atoms with E-state index in [0.29, 0.717) is 6.54 Å². The minimum absolute atomic E-state index is 0.0675. The summed E-state index contributed by atoms with van der Waals surface area (Å²) in [4.78, 5) is 16.9. The van der Waals surface area contributed by atoms with Gasteiger partial charge in [0.25, 0.3) is 5.91 Å². The van der Waals surface area contributed by atoms with E-state index in [1.807, 2.05) is 62.9 Å². The number of para-hydroxylation sites is 1. The highest BCUT2D eigenvalue weighted by molar-refractivity contribution is 7.98. The van der Waals surface area contributed by atoms with E-state index in [-0.39, 0.29) is 11.8 Å². The number of hydrogen-bond donors (Lipinski definition) is 1. The van der Waals surface area contributed by atoms with Crippen LogP contribution in [0.5, 0.6) is 5.75 Å². The monoisotopic (exact) mass is 347 g/mol. The molecule has 1 aromatic carbocycles. The number of aromatic nitrogens is 2. The first kappa shape index (κ1) is 18.4. The van der Waals surface area contributed by atoms with Crippen molar-refractivity contribution in [3.63, 3.8) is 0 Å². The Kier molecular flexibility index (Phi) is 6.31. The molecule has 1 heterocycles. The van der Waals surface area contributed by atoms with Gasteiger partial charge in [0.2, 0.25) is 0 Å². The molecule has 5 nitrogen and oxygen atoms in total. The molecular weight excluding hydrogens is 322 g/mol. The van der Waals surface area contributed by atoms with Crippen LogP contribution in [0.2, 0.25) is 0 Å². The van der Waals surface area contributed by atoms with Crippen LogP contribution in [-0.4, -0.2) is 27.8 Å². The van der Waals surface area contributed by atoms with Gasteiger partial charge in [-0.05, 0) is 30.7 Å². The standard InChI is InChI=1S/C18H25N3O2S/c1-12(2)16(23-15-9-7-6-8-13(15)3)17(22)19-10-14-11-20-18(24-5)21(14)4/h6-9,11-12,16H,10H2,1-5H3,(H,19,22). The van der Waals surface area contributed by atoms with Crippen LogP contribution in [0.15, 0.2) is 35.6 Å². The number of ether oxygens (including phenoxy) is 1. The minimum atomic E-state index is -0.528. The van der Waals surface area contributed by atoms with E-state index in [9.17, 15) is 4.79 Å². The second kappa shape index (κ2) is 8.24. The number of imidazole rings is 1. The first-order chi connectivity index (χ1) is 11.4. The zero-order chi connectivity index (χ0) is 17.7. The van der Waals surface area contributed by atoms with Crippen molar-refractivity contribution in [2.75, 3.05) is 6.26 Å². The number of nitrogens with zero attached hydrogens (tertiary/aromatic N) is 2. The van der Waals surface area contributed by atoms with Gasteiger partial charge >= 0.3 is 0 Å². The number of nitrogens with one attached hydrogen (secondary N) is 1. The van der Waals surface area contributed by atoms with Crippen LogP contribution in [0.3, 0.4) is 0 Å². The van der Waals surface area contributed by atoms with Crippen molar-refractivity contribution in [2.24, 2.45) is 13.0 Å². The molecule has 24 heavy (non-hydrogen) atoms. The van der Waals surface area contributed by atoms with Crippen LogP contribution in [0, 0.1) is 12.8 Å². The molecule has 0 fully saturated rings. The molecule has 0 saturated carbocycles. The summed E-state index contributed by atoms with van der Waals surface area (Å²) in [6, 6.07) is 7.74. The Morgan fingerprint density at radius 2 is 2.08 bits per heavy atom. The molecule has 2 aromatic rings. The highest BCUT2D eigenvalue weighted by Crippen LogP contribution is 2.21. The molecule has 1 atom stereocenters. The fourth-order valence-corrected chi connectivity index (χ4v) is 2.92. The van der Waals surface area contributed by atoms with Crippen molar-refractivity contribution in [1.29, 1.82) is 0 Å². The quantitative estimate of drug-likeness (QED) is 0.782. The highest BCUT2D eigenvalue weighted by Gasteiger charge is 2.25. The molecule has 0 aliphatic heterocycles. The lowest BCUT2D eigenvalue weighted by Gasteiger charge is -2.23. The van der Waals surface area contributed by atoms with Crippen LogP contribution in [-0.2, 0) is 18.4 Å². The third-order valence-corrected chi connectivity index (χ3v) is 4.62. The highest BCUT2D eigenvalue weighted by atomic mass is 32.2. The van der Waals surface area contributed by atoms with Crippen molar-refractivity contribution in [3.8, 4) is 5.75 Å². The Morgan fingerprint density at radius 3 is 2.67 bits per heavy atom. The van der Waals surface area contributed by atoms with Gasteiger partial charge in [0.15, 0.2) is 11.3 Å². The van der Waals surface area contributed by atoms with Gasteiger partial charge in [-0.1, -0.05) is 43.8 Å². The van der Waals surface area contributed by atoms with Crippen LogP contribution in [0.1, 0.15) is 25.1 Å². The summed E-state index contributed by atoms with van der Waals surface area (Å²) in [7, 11) is 1.95. The van der Waals surface area contributed by atoms with Crippen molar-refractivity contribution >= 4 is 17.7 Å². The molecule has 0 bridgehead atoms. The smallest absolute Gasteiger partial charge is 0.261 e. The second-order valence-corrected chi connectivity index (χ2v) is 6.83. The van der Waals surface area contributed by atoms with Crippen LogP contribution < -0.4 is 10.1 Å². The normalized spacial score (nSPS) is 12.2. The summed E-state index contributed by atoms with van der Waals surface area (Å²) in [5, 5.41) is 3.89.